The molecule has 1 N–H and O–H groups in total. The average molecular weight is 300 g/mol. The maximum absolute atomic E-state index is 13.4. The van der Waals surface area contributed by atoms with E-state index in [0.717, 1.165) is 18.2 Å². The molecule has 0 unspecified atom stereocenters. The average Bonchev–Trinajstić information content (AvgIpc) is 2.37. The molecule has 0 aliphatic heterocycles. The molecule has 0 saturated heterocycles. The summed E-state index contributed by atoms with van der Waals surface area (Å²) >= 11 is 0. The van der Waals surface area contributed by atoms with Crippen LogP contribution in [0.5, 0.6) is 0 Å². The van der Waals surface area contributed by atoms with Gasteiger partial charge in [0.05, 0.1) is 10.5 Å². The SMILES string of the molecule is O=[N+]([O-])c1ccc(F)cc1CNc1c(F)cc(F)cc1F. The number of hydrogen-bond donors (Lipinski definition) is 1. The number of rotatable bonds is 4. The molecule has 110 valence electrons. The van der Waals surface area contributed by atoms with Gasteiger partial charge in [-0.2, -0.15) is 0 Å². The molecular weight excluding hydrogens is 292 g/mol. The highest BCUT2D eigenvalue weighted by Gasteiger charge is 2.16. The summed E-state index contributed by atoms with van der Waals surface area (Å²) in [7, 11) is 0. The lowest BCUT2D eigenvalue weighted by Crippen LogP contribution is -2.07. The molecule has 2 aromatic carbocycles. The van der Waals surface area contributed by atoms with Gasteiger partial charge in [-0.15, -0.1) is 0 Å². The van der Waals surface area contributed by atoms with E-state index >= 15 is 0 Å². The van der Waals surface area contributed by atoms with Gasteiger partial charge in [0.2, 0.25) is 0 Å². The molecule has 4 nitrogen and oxygen atoms in total. The largest absolute Gasteiger partial charge is 0.376 e. The predicted molar refractivity (Wildman–Crippen MR) is 66.7 cm³/mol. The molecule has 21 heavy (non-hydrogen) atoms. The van der Waals surface area contributed by atoms with E-state index in [0.29, 0.717) is 12.1 Å². The number of anilines is 1. The molecule has 0 saturated carbocycles. The minimum Gasteiger partial charge on any atom is -0.376 e. The minimum absolute atomic E-state index is 0.0943. The van der Waals surface area contributed by atoms with Gasteiger partial charge >= 0.3 is 0 Å². The van der Waals surface area contributed by atoms with Crippen LogP contribution in [0.25, 0.3) is 0 Å². The van der Waals surface area contributed by atoms with Crippen molar-refractivity contribution in [1.29, 1.82) is 0 Å². The van der Waals surface area contributed by atoms with Gasteiger partial charge in [0.25, 0.3) is 5.69 Å². The first-order valence-electron chi connectivity index (χ1n) is 5.69. The highest BCUT2D eigenvalue weighted by molar-refractivity contribution is 5.49. The van der Waals surface area contributed by atoms with Gasteiger partial charge in [0.1, 0.15) is 17.3 Å². The molecule has 0 aromatic heterocycles. The number of benzene rings is 2. The fraction of sp³-hybridized carbons (Fsp3) is 0.0769. The Hall–Kier alpha value is -2.64. The van der Waals surface area contributed by atoms with Crippen LogP contribution < -0.4 is 5.32 Å². The van der Waals surface area contributed by atoms with Crippen LogP contribution in [0.3, 0.4) is 0 Å². The summed E-state index contributed by atoms with van der Waals surface area (Å²) in [6.45, 7) is -0.395. The molecule has 2 rings (SSSR count). The van der Waals surface area contributed by atoms with Crippen LogP contribution in [-0.2, 0) is 6.54 Å². The number of nitro benzene ring substituents is 1. The molecular formula is C13H8F4N2O2. The van der Waals surface area contributed by atoms with Crippen LogP contribution in [0.2, 0.25) is 0 Å². The lowest BCUT2D eigenvalue weighted by Gasteiger charge is -2.09. The monoisotopic (exact) mass is 300 g/mol. The van der Waals surface area contributed by atoms with Gasteiger partial charge in [-0.3, -0.25) is 10.1 Å². The third kappa shape index (κ3) is 3.28. The Labute approximate surface area is 116 Å². The second-order valence-corrected chi connectivity index (χ2v) is 4.13. The summed E-state index contributed by atoms with van der Waals surface area (Å²) in [4.78, 5) is 10.0. The topological polar surface area (TPSA) is 55.2 Å². The number of nitrogens with zero attached hydrogens (tertiary/aromatic N) is 1. The number of nitro groups is 1. The van der Waals surface area contributed by atoms with Crippen LogP contribution in [0.1, 0.15) is 5.56 Å². The molecule has 2 aromatic rings. The van der Waals surface area contributed by atoms with Gasteiger partial charge in [0, 0.05) is 24.7 Å². The van der Waals surface area contributed by atoms with Crippen molar-refractivity contribution in [2.24, 2.45) is 0 Å². The Bertz CT molecular complexity index is 684. The van der Waals surface area contributed by atoms with Gasteiger partial charge < -0.3 is 5.32 Å². The normalized spacial score (nSPS) is 10.5. The summed E-state index contributed by atoms with van der Waals surface area (Å²) in [6.07, 6.45) is 0. The van der Waals surface area contributed by atoms with Crippen molar-refractivity contribution in [2.75, 3.05) is 5.32 Å². The molecule has 0 bridgehead atoms. The second kappa shape index (κ2) is 5.78. The highest BCUT2D eigenvalue weighted by Crippen LogP contribution is 2.24. The molecule has 0 fully saturated rings. The lowest BCUT2D eigenvalue weighted by atomic mass is 10.1. The van der Waals surface area contributed by atoms with E-state index in [-0.39, 0.29) is 5.56 Å². The molecule has 0 amide bonds. The quantitative estimate of drug-likeness (QED) is 0.531. The Morgan fingerprint density at radius 2 is 1.62 bits per heavy atom. The summed E-state index contributed by atoms with van der Waals surface area (Å²) < 4.78 is 52.7. The number of hydrogen-bond acceptors (Lipinski definition) is 3. The zero-order chi connectivity index (χ0) is 15.6. The van der Waals surface area contributed by atoms with E-state index in [4.69, 9.17) is 0 Å². The van der Waals surface area contributed by atoms with Gasteiger partial charge in [0.15, 0.2) is 11.6 Å². The minimum atomic E-state index is -1.19. The smallest absolute Gasteiger partial charge is 0.274 e. The van der Waals surface area contributed by atoms with Crippen LogP contribution >= 0.6 is 0 Å². The first-order valence-corrected chi connectivity index (χ1v) is 5.69. The van der Waals surface area contributed by atoms with Gasteiger partial charge in [-0.1, -0.05) is 0 Å². The van der Waals surface area contributed by atoms with Crippen LogP contribution in [-0.4, -0.2) is 4.92 Å². The maximum Gasteiger partial charge on any atom is 0.274 e. The fourth-order valence-corrected chi connectivity index (χ4v) is 1.77. The summed E-state index contributed by atoms with van der Waals surface area (Å²) in [6, 6.07) is 3.66. The molecule has 0 heterocycles. The zero-order valence-electron chi connectivity index (χ0n) is 10.4. The van der Waals surface area contributed by atoms with Crippen molar-refractivity contribution >= 4 is 11.4 Å². The van der Waals surface area contributed by atoms with Crippen molar-refractivity contribution < 1.29 is 22.5 Å². The van der Waals surface area contributed by atoms with Crippen molar-refractivity contribution in [3.8, 4) is 0 Å². The van der Waals surface area contributed by atoms with Crippen molar-refractivity contribution in [3.63, 3.8) is 0 Å². The van der Waals surface area contributed by atoms with Gasteiger partial charge in [-0.05, 0) is 12.1 Å². The van der Waals surface area contributed by atoms with E-state index < -0.39 is 46.1 Å². The Balaban J connectivity index is 2.28. The van der Waals surface area contributed by atoms with E-state index in [9.17, 15) is 27.7 Å². The first kappa shape index (κ1) is 14.8. The zero-order valence-corrected chi connectivity index (χ0v) is 10.4. The lowest BCUT2D eigenvalue weighted by molar-refractivity contribution is -0.385. The standard InChI is InChI=1S/C13H8F4N2O2/c14-8-1-2-12(19(20)21)7(3-8)6-18-13-10(16)4-9(15)5-11(13)17/h1-5,18H,6H2. The van der Waals surface area contributed by atoms with E-state index in [1.165, 1.54) is 0 Å². The molecule has 0 radical (unpaired) electrons. The summed E-state index contributed by atoms with van der Waals surface area (Å²) in [5, 5.41) is 13.0. The molecule has 0 aliphatic carbocycles. The summed E-state index contributed by atoms with van der Waals surface area (Å²) in [5.74, 6) is -4.19. The Morgan fingerprint density at radius 1 is 1.00 bits per heavy atom. The molecule has 0 spiro atoms. The summed E-state index contributed by atoms with van der Waals surface area (Å²) in [5.41, 5.74) is -1.13. The Kier molecular flexibility index (Phi) is 4.06. The van der Waals surface area contributed by atoms with Crippen LogP contribution in [0, 0.1) is 33.4 Å². The first-order chi connectivity index (χ1) is 9.88. The fourth-order valence-electron chi connectivity index (χ4n) is 1.77. The van der Waals surface area contributed by atoms with E-state index in [1.807, 2.05) is 0 Å². The Morgan fingerprint density at radius 3 is 2.19 bits per heavy atom. The third-order valence-electron chi connectivity index (χ3n) is 2.70. The van der Waals surface area contributed by atoms with Crippen LogP contribution in [0.15, 0.2) is 30.3 Å². The highest BCUT2D eigenvalue weighted by atomic mass is 19.1. The number of nitrogens with one attached hydrogen (secondary N) is 1. The molecule has 8 heteroatoms. The van der Waals surface area contributed by atoms with Gasteiger partial charge in [-0.25, -0.2) is 17.6 Å². The number of halogens is 4. The second-order valence-electron chi connectivity index (χ2n) is 4.13. The predicted octanol–water partition coefficient (Wildman–Crippen LogP) is 3.76. The maximum atomic E-state index is 13.4. The van der Waals surface area contributed by atoms with Crippen molar-refractivity contribution in [1.82, 2.24) is 0 Å². The van der Waals surface area contributed by atoms with E-state index in [1.54, 1.807) is 0 Å². The van der Waals surface area contributed by atoms with Crippen molar-refractivity contribution in [2.45, 2.75) is 6.54 Å². The van der Waals surface area contributed by atoms with E-state index in [2.05, 4.69) is 5.32 Å². The molecule has 0 aliphatic rings. The van der Waals surface area contributed by atoms with Crippen LogP contribution in [0.4, 0.5) is 28.9 Å². The molecule has 0 atom stereocenters. The third-order valence-corrected chi connectivity index (χ3v) is 2.70. The van der Waals surface area contributed by atoms with Crippen molar-refractivity contribution in [3.05, 3.63) is 69.3 Å².